The summed E-state index contributed by atoms with van der Waals surface area (Å²) >= 11 is 1.55. The summed E-state index contributed by atoms with van der Waals surface area (Å²) in [5.74, 6) is 0.688. The van der Waals surface area contributed by atoms with E-state index in [9.17, 15) is 0 Å². The van der Waals surface area contributed by atoms with Crippen molar-refractivity contribution in [3.05, 3.63) is 30.2 Å². The summed E-state index contributed by atoms with van der Waals surface area (Å²) in [6.45, 7) is 3.68. The molecular weight excluding hydrogens is 300 g/mol. The van der Waals surface area contributed by atoms with E-state index in [0.29, 0.717) is 5.89 Å². The molecule has 2 aromatic heterocycles. The van der Waals surface area contributed by atoms with Gasteiger partial charge in [0.05, 0.1) is 11.8 Å². The predicted octanol–water partition coefficient (Wildman–Crippen LogP) is 2.23. The molecule has 1 aromatic carbocycles. The topological polar surface area (TPSA) is 72.9 Å². The van der Waals surface area contributed by atoms with Crippen LogP contribution in [0.15, 0.2) is 33.8 Å². The van der Waals surface area contributed by atoms with Crippen molar-refractivity contribution < 1.29 is 4.42 Å². The highest BCUT2D eigenvalue weighted by atomic mass is 32.2. The maximum absolute atomic E-state index is 5.80. The van der Waals surface area contributed by atoms with Gasteiger partial charge in [0.2, 0.25) is 11.0 Å². The fraction of sp³-hybridized carbons (Fsp3) is 0.429. The summed E-state index contributed by atoms with van der Waals surface area (Å²) in [7, 11) is 4.05. The average Bonchev–Trinajstić information content (AvgIpc) is 3.11. The zero-order chi connectivity index (χ0) is 15.5. The van der Waals surface area contributed by atoms with Gasteiger partial charge in [0.1, 0.15) is 5.52 Å². The number of para-hydroxylation sites is 2. The summed E-state index contributed by atoms with van der Waals surface area (Å²) in [4.78, 5) is 6.62. The molecule has 7 nitrogen and oxygen atoms in total. The van der Waals surface area contributed by atoms with Crippen molar-refractivity contribution in [1.29, 1.82) is 0 Å². The highest BCUT2D eigenvalue weighted by Crippen LogP contribution is 2.34. The van der Waals surface area contributed by atoms with E-state index in [0.717, 1.165) is 29.3 Å². The predicted molar refractivity (Wildman–Crippen MR) is 84.7 cm³/mol. The lowest BCUT2D eigenvalue weighted by molar-refractivity contribution is 0.361. The quantitative estimate of drug-likeness (QED) is 0.645. The smallest absolute Gasteiger partial charge is 0.210 e. The molecule has 1 unspecified atom stereocenters. The second kappa shape index (κ2) is 6.45. The number of thioether (sulfide) groups is 1. The van der Waals surface area contributed by atoms with E-state index < -0.39 is 0 Å². The summed E-state index contributed by atoms with van der Waals surface area (Å²) in [5.41, 5.74) is 1.68. The third-order valence-corrected chi connectivity index (χ3v) is 4.26. The Hall–Kier alpha value is -1.93. The molecule has 0 saturated heterocycles. The Morgan fingerprint density at radius 1 is 1.32 bits per heavy atom. The van der Waals surface area contributed by atoms with E-state index in [2.05, 4.69) is 25.4 Å². The van der Waals surface area contributed by atoms with Gasteiger partial charge in [-0.25, -0.2) is 9.67 Å². The van der Waals surface area contributed by atoms with Crippen LogP contribution in [-0.4, -0.2) is 50.7 Å². The van der Waals surface area contributed by atoms with E-state index in [1.165, 1.54) is 0 Å². The van der Waals surface area contributed by atoms with Crippen LogP contribution in [0.2, 0.25) is 0 Å². The Labute approximate surface area is 132 Å². The summed E-state index contributed by atoms with van der Waals surface area (Å²) in [6.07, 6.45) is 0. The van der Waals surface area contributed by atoms with Crippen molar-refractivity contribution in [1.82, 2.24) is 30.1 Å². The molecule has 0 aliphatic rings. The molecular formula is C14H18N6OS. The first-order valence-corrected chi connectivity index (χ1v) is 7.94. The minimum absolute atomic E-state index is 0.0384. The second-order valence-electron chi connectivity index (χ2n) is 5.27. The molecule has 116 valence electrons. The van der Waals surface area contributed by atoms with Crippen molar-refractivity contribution in [3.8, 4) is 0 Å². The maximum atomic E-state index is 5.80. The maximum Gasteiger partial charge on any atom is 0.210 e. The number of oxazole rings is 1. The van der Waals surface area contributed by atoms with Gasteiger partial charge in [-0.05, 0) is 43.6 Å². The number of benzene rings is 1. The summed E-state index contributed by atoms with van der Waals surface area (Å²) in [6, 6.07) is 7.76. The van der Waals surface area contributed by atoms with Gasteiger partial charge >= 0.3 is 0 Å². The lowest BCUT2D eigenvalue weighted by Crippen LogP contribution is -2.19. The number of likely N-dealkylation sites (N-methyl/N-ethyl adjacent to an activating group) is 1. The van der Waals surface area contributed by atoms with E-state index in [1.807, 2.05) is 50.0 Å². The summed E-state index contributed by atoms with van der Waals surface area (Å²) < 4.78 is 7.61. The van der Waals surface area contributed by atoms with Gasteiger partial charge in [-0.1, -0.05) is 23.9 Å². The van der Waals surface area contributed by atoms with Crippen LogP contribution in [0.1, 0.15) is 18.1 Å². The molecule has 0 aliphatic carbocycles. The van der Waals surface area contributed by atoms with E-state index in [1.54, 1.807) is 11.8 Å². The Bertz CT molecular complexity index is 719. The average molecular weight is 318 g/mol. The molecule has 1 atom stereocenters. The zero-order valence-electron chi connectivity index (χ0n) is 12.8. The molecule has 0 amide bonds. The molecule has 8 heteroatoms. The van der Waals surface area contributed by atoms with Crippen molar-refractivity contribution in [2.24, 2.45) is 0 Å². The Morgan fingerprint density at radius 2 is 2.14 bits per heavy atom. The van der Waals surface area contributed by atoms with Crippen LogP contribution in [0, 0.1) is 0 Å². The molecule has 0 N–H and O–H groups in total. The number of hydrogen-bond acceptors (Lipinski definition) is 7. The van der Waals surface area contributed by atoms with E-state index in [4.69, 9.17) is 4.42 Å². The minimum Gasteiger partial charge on any atom is -0.439 e. The SMILES string of the molecule is CC(Sc1nnnn1CCN(C)C)c1nc2ccccc2o1. The summed E-state index contributed by atoms with van der Waals surface area (Å²) in [5, 5.41) is 12.7. The number of hydrogen-bond donors (Lipinski definition) is 0. The Morgan fingerprint density at radius 3 is 2.91 bits per heavy atom. The van der Waals surface area contributed by atoms with E-state index in [-0.39, 0.29) is 5.25 Å². The van der Waals surface area contributed by atoms with Crippen LogP contribution >= 0.6 is 11.8 Å². The number of fused-ring (bicyclic) bond motifs is 1. The molecule has 0 fully saturated rings. The number of tetrazole rings is 1. The molecule has 0 radical (unpaired) electrons. The highest BCUT2D eigenvalue weighted by Gasteiger charge is 2.18. The van der Waals surface area contributed by atoms with Gasteiger partial charge in [0.15, 0.2) is 5.58 Å². The first-order valence-electron chi connectivity index (χ1n) is 7.06. The monoisotopic (exact) mass is 318 g/mol. The van der Waals surface area contributed by atoms with Crippen LogP contribution in [0.3, 0.4) is 0 Å². The number of aromatic nitrogens is 5. The molecule has 3 aromatic rings. The molecule has 0 bridgehead atoms. The standard InChI is InChI=1S/C14H18N6OS/c1-10(13-15-11-6-4-5-7-12(11)21-13)22-14-16-17-18-20(14)9-8-19(2)3/h4-7,10H,8-9H2,1-3H3. The largest absolute Gasteiger partial charge is 0.439 e. The zero-order valence-corrected chi connectivity index (χ0v) is 13.6. The first kappa shape index (κ1) is 15.0. The fourth-order valence-corrected chi connectivity index (χ4v) is 2.84. The minimum atomic E-state index is 0.0384. The third-order valence-electron chi connectivity index (χ3n) is 3.20. The fourth-order valence-electron chi connectivity index (χ4n) is 1.99. The number of rotatable bonds is 6. The van der Waals surface area contributed by atoms with Crippen molar-refractivity contribution in [3.63, 3.8) is 0 Å². The molecule has 3 rings (SSSR count). The molecule has 0 spiro atoms. The number of nitrogens with zero attached hydrogens (tertiary/aromatic N) is 6. The highest BCUT2D eigenvalue weighted by molar-refractivity contribution is 7.99. The van der Waals surface area contributed by atoms with Crippen molar-refractivity contribution >= 4 is 22.9 Å². The Balaban J connectivity index is 1.74. The van der Waals surface area contributed by atoms with Gasteiger partial charge < -0.3 is 9.32 Å². The Kier molecular flexibility index (Phi) is 4.39. The van der Waals surface area contributed by atoms with E-state index >= 15 is 0 Å². The van der Waals surface area contributed by atoms with Gasteiger partial charge in [-0.3, -0.25) is 0 Å². The van der Waals surface area contributed by atoms with Crippen molar-refractivity contribution in [2.45, 2.75) is 23.9 Å². The normalized spacial score (nSPS) is 13.1. The van der Waals surface area contributed by atoms with Crippen molar-refractivity contribution in [2.75, 3.05) is 20.6 Å². The lowest BCUT2D eigenvalue weighted by atomic mass is 10.3. The second-order valence-corrected chi connectivity index (χ2v) is 6.58. The first-order chi connectivity index (χ1) is 10.6. The molecule has 0 saturated carbocycles. The van der Waals surface area contributed by atoms with Crippen LogP contribution < -0.4 is 0 Å². The third kappa shape index (κ3) is 3.28. The van der Waals surface area contributed by atoms with Crippen LogP contribution in [0.4, 0.5) is 0 Å². The van der Waals surface area contributed by atoms with Crippen LogP contribution in [0.5, 0.6) is 0 Å². The lowest BCUT2D eigenvalue weighted by Gasteiger charge is -2.10. The van der Waals surface area contributed by atoms with Gasteiger partial charge in [-0.2, -0.15) is 0 Å². The van der Waals surface area contributed by atoms with Gasteiger partial charge in [0, 0.05) is 6.54 Å². The molecule has 2 heterocycles. The van der Waals surface area contributed by atoms with Gasteiger partial charge in [0.25, 0.3) is 0 Å². The van der Waals surface area contributed by atoms with Crippen LogP contribution in [-0.2, 0) is 6.54 Å². The molecule has 22 heavy (non-hydrogen) atoms. The molecule has 0 aliphatic heterocycles. The van der Waals surface area contributed by atoms with Gasteiger partial charge in [-0.15, -0.1) is 5.10 Å². The van der Waals surface area contributed by atoms with Crippen LogP contribution in [0.25, 0.3) is 11.1 Å².